The number of hydrogen-bond donors (Lipinski definition) is 0. The first-order valence-electron chi connectivity index (χ1n) is 6.66. The SMILES string of the molecule is CC(C)(COC1CCCCO1)CO[Si](C)(C)C. The highest BCUT2D eigenvalue weighted by Gasteiger charge is 2.25. The molecule has 1 aliphatic heterocycles. The summed E-state index contributed by atoms with van der Waals surface area (Å²) in [6, 6.07) is 0. The fraction of sp³-hybridized carbons (Fsp3) is 1.00. The van der Waals surface area contributed by atoms with Crippen LogP contribution in [0.3, 0.4) is 0 Å². The predicted molar refractivity (Wildman–Crippen MR) is 72.6 cm³/mol. The van der Waals surface area contributed by atoms with Crippen molar-refractivity contribution >= 4 is 8.32 Å². The Balaban J connectivity index is 2.23. The van der Waals surface area contributed by atoms with E-state index in [0.717, 1.165) is 19.6 Å². The van der Waals surface area contributed by atoms with Crippen LogP contribution in [-0.2, 0) is 13.9 Å². The predicted octanol–water partition coefficient (Wildman–Crippen LogP) is 3.41. The minimum absolute atomic E-state index is 0.00917. The van der Waals surface area contributed by atoms with Crippen LogP contribution in [0.2, 0.25) is 19.6 Å². The van der Waals surface area contributed by atoms with Gasteiger partial charge in [0.1, 0.15) is 0 Å². The molecule has 0 saturated carbocycles. The van der Waals surface area contributed by atoms with Gasteiger partial charge in [0.25, 0.3) is 0 Å². The van der Waals surface area contributed by atoms with Crippen LogP contribution < -0.4 is 0 Å². The van der Waals surface area contributed by atoms with Crippen LogP contribution in [0.4, 0.5) is 0 Å². The van der Waals surface area contributed by atoms with Gasteiger partial charge in [-0.05, 0) is 38.9 Å². The average molecular weight is 260 g/mol. The van der Waals surface area contributed by atoms with Gasteiger partial charge < -0.3 is 13.9 Å². The van der Waals surface area contributed by atoms with Crippen molar-refractivity contribution in [3.05, 3.63) is 0 Å². The molecule has 1 heterocycles. The highest BCUT2D eigenvalue weighted by atomic mass is 28.4. The standard InChI is InChI=1S/C13H28O3Si/c1-13(2,11-16-17(3,4)5)10-15-12-8-6-7-9-14-12/h12H,6-11H2,1-5H3. The summed E-state index contributed by atoms with van der Waals surface area (Å²) in [5.41, 5.74) is 0.0705. The molecule has 102 valence electrons. The third kappa shape index (κ3) is 7.19. The Morgan fingerprint density at radius 3 is 2.41 bits per heavy atom. The van der Waals surface area contributed by atoms with E-state index >= 15 is 0 Å². The Morgan fingerprint density at radius 2 is 1.88 bits per heavy atom. The van der Waals surface area contributed by atoms with E-state index in [1.54, 1.807) is 0 Å². The molecule has 0 aromatic carbocycles. The maximum atomic E-state index is 5.95. The molecule has 4 heteroatoms. The molecule has 3 nitrogen and oxygen atoms in total. The van der Waals surface area contributed by atoms with Crippen molar-refractivity contribution in [2.24, 2.45) is 5.41 Å². The van der Waals surface area contributed by atoms with Gasteiger partial charge in [0.15, 0.2) is 14.6 Å². The van der Waals surface area contributed by atoms with Crippen LogP contribution in [0, 0.1) is 5.41 Å². The third-order valence-electron chi connectivity index (χ3n) is 2.69. The van der Waals surface area contributed by atoms with Gasteiger partial charge in [-0.15, -0.1) is 0 Å². The topological polar surface area (TPSA) is 27.7 Å². The number of rotatable bonds is 6. The van der Waals surface area contributed by atoms with Gasteiger partial charge in [0.2, 0.25) is 0 Å². The van der Waals surface area contributed by atoms with Crippen molar-refractivity contribution in [2.75, 3.05) is 19.8 Å². The second kappa shape index (κ2) is 6.32. The Kier molecular flexibility index (Phi) is 5.63. The summed E-state index contributed by atoms with van der Waals surface area (Å²) in [6.07, 6.45) is 3.43. The minimum Gasteiger partial charge on any atom is -0.417 e. The molecule has 0 bridgehead atoms. The summed E-state index contributed by atoms with van der Waals surface area (Å²) < 4.78 is 17.3. The van der Waals surface area contributed by atoms with E-state index in [-0.39, 0.29) is 11.7 Å². The van der Waals surface area contributed by atoms with Gasteiger partial charge in [-0.1, -0.05) is 13.8 Å². The maximum absolute atomic E-state index is 5.95. The molecule has 17 heavy (non-hydrogen) atoms. The molecule has 1 aliphatic rings. The van der Waals surface area contributed by atoms with Gasteiger partial charge in [-0.3, -0.25) is 0 Å². The average Bonchev–Trinajstić information content (AvgIpc) is 2.25. The smallest absolute Gasteiger partial charge is 0.183 e. The first-order valence-corrected chi connectivity index (χ1v) is 10.1. The van der Waals surface area contributed by atoms with Crippen LogP contribution in [0.5, 0.6) is 0 Å². The zero-order chi connectivity index (χ0) is 12.9. The van der Waals surface area contributed by atoms with Crippen molar-refractivity contribution in [3.63, 3.8) is 0 Å². The van der Waals surface area contributed by atoms with E-state index in [1.165, 1.54) is 12.8 Å². The first-order chi connectivity index (χ1) is 7.79. The van der Waals surface area contributed by atoms with E-state index in [2.05, 4.69) is 33.5 Å². The molecular weight excluding hydrogens is 232 g/mol. The van der Waals surface area contributed by atoms with E-state index in [4.69, 9.17) is 13.9 Å². The van der Waals surface area contributed by atoms with Crippen molar-refractivity contribution in [1.82, 2.24) is 0 Å². The number of ether oxygens (including phenoxy) is 2. The second-order valence-electron chi connectivity index (χ2n) is 6.67. The molecule has 0 spiro atoms. The molecule has 1 rings (SSSR count). The van der Waals surface area contributed by atoms with Crippen LogP contribution in [0.15, 0.2) is 0 Å². The lowest BCUT2D eigenvalue weighted by Gasteiger charge is -2.31. The summed E-state index contributed by atoms with van der Waals surface area (Å²) in [4.78, 5) is 0. The summed E-state index contributed by atoms with van der Waals surface area (Å²) in [5.74, 6) is 0. The Labute approximate surface area is 107 Å². The van der Waals surface area contributed by atoms with Crippen LogP contribution in [0.25, 0.3) is 0 Å². The highest BCUT2D eigenvalue weighted by molar-refractivity contribution is 6.69. The van der Waals surface area contributed by atoms with Crippen LogP contribution >= 0.6 is 0 Å². The maximum Gasteiger partial charge on any atom is 0.183 e. The fourth-order valence-electron chi connectivity index (χ4n) is 1.61. The lowest BCUT2D eigenvalue weighted by molar-refractivity contribution is -0.178. The molecule has 0 N–H and O–H groups in total. The van der Waals surface area contributed by atoms with Gasteiger partial charge >= 0.3 is 0 Å². The van der Waals surface area contributed by atoms with Crippen LogP contribution in [0.1, 0.15) is 33.1 Å². The fourth-order valence-corrected chi connectivity index (χ4v) is 2.44. The first kappa shape index (κ1) is 15.2. The summed E-state index contributed by atoms with van der Waals surface area (Å²) >= 11 is 0. The monoisotopic (exact) mass is 260 g/mol. The second-order valence-corrected chi connectivity index (χ2v) is 11.2. The van der Waals surface area contributed by atoms with Crippen molar-refractivity contribution in [2.45, 2.75) is 59.0 Å². The van der Waals surface area contributed by atoms with E-state index in [9.17, 15) is 0 Å². The largest absolute Gasteiger partial charge is 0.417 e. The summed E-state index contributed by atoms with van der Waals surface area (Å²) in [5, 5.41) is 0. The van der Waals surface area contributed by atoms with Crippen molar-refractivity contribution < 1.29 is 13.9 Å². The normalized spacial score (nSPS) is 22.8. The molecule has 0 aliphatic carbocycles. The van der Waals surface area contributed by atoms with E-state index in [1.807, 2.05) is 0 Å². The highest BCUT2D eigenvalue weighted by Crippen LogP contribution is 2.22. The lowest BCUT2D eigenvalue weighted by Crippen LogP contribution is -2.36. The molecule has 0 amide bonds. The molecule has 1 unspecified atom stereocenters. The third-order valence-corrected chi connectivity index (χ3v) is 3.70. The lowest BCUT2D eigenvalue weighted by atomic mass is 9.96. The van der Waals surface area contributed by atoms with Gasteiger partial charge in [-0.25, -0.2) is 0 Å². The Hall–Kier alpha value is 0.0969. The van der Waals surface area contributed by atoms with Crippen LogP contribution in [-0.4, -0.2) is 34.4 Å². The number of hydrogen-bond acceptors (Lipinski definition) is 3. The molecular formula is C13H28O3Si. The zero-order valence-electron chi connectivity index (χ0n) is 12.0. The molecule has 1 atom stereocenters. The summed E-state index contributed by atoms with van der Waals surface area (Å²) in [7, 11) is -1.42. The summed E-state index contributed by atoms with van der Waals surface area (Å²) in [6.45, 7) is 13.4. The minimum atomic E-state index is -1.42. The molecule has 0 radical (unpaired) electrons. The molecule has 1 saturated heterocycles. The van der Waals surface area contributed by atoms with Gasteiger partial charge in [0.05, 0.1) is 6.61 Å². The van der Waals surface area contributed by atoms with Gasteiger partial charge in [-0.2, -0.15) is 0 Å². The molecule has 1 fully saturated rings. The van der Waals surface area contributed by atoms with E-state index in [0.29, 0.717) is 6.61 Å². The van der Waals surface area contributed by atoms with Crippen molar-refractivity contribution in [1.29, 1.82) is 0 Å². The Morgan fingerprint density at radius 1 is 1.18 bits per heavy atom. The van der Waals surface area contributed by atoms with Crippen molar-refractivity contribution in [3.8, 4) is 0 Å². The Bertz CT molecular complexity index is 217. The van der Waals surface area contributed by atoms with Gasteiger partial charge in [0, 0.05) is 18.6 Å². The molecule has 0 aromatic heterocycles. The van der Waals surface area contributed by atoms with E-state index < -0.39 is 8.32 Å². The quantitative estimate of drug-likeness (QED) is 0.685. The molecule has 0 aromatic rings. The zero-order valence-corrected chi connectivity index (χ0v) is 13.0.